The number of carbonyl (C=O) groups is 2. The molecule has 0 bridgehead atoms. The standard InChI is InChI=1S/C21H24N2O3/c1-26-19-12-6-5-8-16(19)13-14-22-21(25)23-15-7-11-18(23)20(24)17-9-3-2-4-10-17/h2-6,8-10,12,18H,7,11,13-15H2,1H3,(H,22,25). The highest BCUT2D eigenvalue weighted by Gasteiger charge is 2.34. The molecule has 136 valence electrons. The van der Waals surface area contributed by atoms with Gasteiger partial charge in [0.05, 0.1) is 13.2 Å². The normalized spacial score (nSPS) is 16.3. The number of nitrogens with zero attached hydrogens (tertiary/aromatic N) is 1. The molecule has 2 aromatic rings. The first-order chi connectivity index (χ1) is 12.7. The van der Waals surface area contributed by atoms with E-state index in [0.29, 0.717) is 31.5 Å². The largest absolute Gasteiger partial charge is 0.496 e. The van der Waals surface area contributed by atoms with Crippen LogP contribution in [-0.2, 0) is 6.42 Å². The molecule has 1 unspecified atom stereocenters. The third-order valence-corrected chi connectivity index (χ3v) is 4.74. The van der Waals surface area contributed by atoms with E-state index in [1.54, 1.807) is 24.1 Å². The van der Waals surface area contributed by atoms with Gasteiger partial charge in [0, 0.05) is 18.7 Å². The van der Waals surface area contributed by atoms with Crippen LogP contribution in [0.15, 0.2) is 54.6 Å². The predicted molar refractivity (Wildman–Crippen MR) is 101 cm³/mol. The van der Waals surface area contributed by atoms with Gasteiger partial charge in [0.15, 0.2) is 5.78 Å². The number of amides is 2. The van der Waals surface area contributed by atoms with Crippen molar-refractivity contribution >= 4 is 11.8 Å². The minimum absolute atomic E-state index is 0.0166. The number of benzene rings is 2. The van der Waals surface area contributed by atoms with Gasteiger partial charge < -0.3 is 15.0 Å². The van der Waals surface area contributed by atoms with Crippen molar-refractivity contribution in [2.75, 3.05) is 20.2 Å². The second-order valence-corrected chi connectivity index (χ2v) is 6.38. The van der Waals surface area contributed by atoms with Crippen LogP contribution in [0.25, 0.3) is 0 Å². The Morgan fingerprint density at radius 2 is 1.85 bits per heavy atom. The molecule has 0 radical (unpaired) electrons. The van der Waals surface area contributed by atoms with Crippen LogP contribution < -0.4 is 10.1 Å². The fourth-order valence-electron chi connectivity index (χ4n) is 3.39. The van der Waals surface area contributed by atoms with Gasteiger partial charge in [0.2, 0.25) is 0 Å². The molecule has 0 spiro atoms. The molecule has 0 aromatic heterocycles. The van der Waals surface area contributed by atoms with E-state index in [-0.39, 0.29) is 17.9 Å². The highest BCUT2D eigenvalue weighted by Crippen LogP contribution is 2.21. The molecule has 26 heavy (non-hydrogen) atoms. The first-order valence-electron chi connectivity index (χ1n) is 8.96. The van der Waals surface area contributed by atoms with Crippen molar-refractivity contribution in [2.45, 2.75) is 25.3 Å². The van der Waals surface area contributed by atoms with Crippen molar-refractivity contribution < 1.29 is 14.3 Å². The van der Waals surface area contributed by atoms with Crippen molar-refractivity contribution in [1.82, 2.24) is 10.2 Å². The van der Waals surface area contributed by atoms with Crippen molar-refractivity contribution in [3.63, 3.8) is 0 Å². The summed E-state index contributed by atoms with van der Waals surface area (Å²) in [5.74, 6) is 0.836. The fraction of sp³-hybridized carbons (Fsp3) is 0.333. The summed E-state index contributed by atoms with van der Waals surface area (Å²) >= 11 is 0. The molecule has 2 amide bonds. The van der Waals surface area contributed by atoms with Crippen LogP contribution in [0.2, 0.25) is 0 Å². The molecule has 0 saturated carbocycles. The Hall–Kier alpha value is -2.82. The van der Waals surface area contributed by atoms with Crippen molar-refractivity contribution in [3.05, 3.63) is 65.7 Å². The zero-order valence-electron chi connectivity index (χ0n) is 15.0. The van der Waals surface area contributed by atoms with Crippen LogP contribution in [0.5, 0.6) is 5.75 Å². The summed E-state index contributed by atoms with van der Waals surface area (Å²) in [5.41, 5.74) is 1.71. The zero-order chi connectivity index (χ0) is 18.4. The van der Waals surface area contributed by atoms with Gasteiger partial charge in [-0.25, -0.2) is 4.79 Å². The maximum Gasteiger partial charge on any atom is 0.318 e. The molecular weight excluding hydrogens is 328 g/mol. The molecule has 3 rings (SSSR count). The number of nitrogens with one attached hydrogen (secondary N) is 1. The van der Waals surface area contributed by atoms with Crippen molar-refractivity contribution in [3.8, 4) is 5.75 Å². The molecule has 5 nitrogen and oxygen atoms in total. The van der Waals surface area contributed by atoms with Crippen LogP contribution in [0, 0.1) is 0 Å². The molecular formula is C21H24N2O3. The van der Waals surface area contributed by atoms with Crippen LogP contribution in [0.1, 0.15) is 28.8 Å². The predicted octanol–water partition coefficient (Wildman–Crippen LogP) is 3.29. The lowest BCUT2D eigenvalue weighted by atomic mass is 10.0. The van der Waals surface area contributed by atoms with Gasteiger partial charge in [0.25, 0.3) is 0 Å². The number of methoxy groups -OCH3 is 1. The molecule has 2 aromatic carbocycles. The van der Waals surface area contributed by atoms with Gasteiger partial charge in [-0.05, 0) is 30.9 Å². The summed E-state index contributed by atoms with van der Waals surface area (Å²) in [6, 6.07) is 16.4. The number of para-hydroxylation sites is 1. The molecule has 0 aliphatic carbocycles. The number of urea groups is 1. The van der Waals surface area contributed by atoms with E-state index in [0.717, 1.165) is 17.7 Å². The van der Waals surface area contributed by atoms with E-state index >= 15 is 0 Å². The topological polar surface area (TPSA) is 58.6 Å². The zero-order valence-corrected chi connectivity index (χ0v) is 15.0. The van der Waals surface area contributed by atoms with Gasteiger partial charge in [-0.1, -0.05) is 48.5 Å². The first-order valence-corrected chi connectivity index (χ1v) is 8.96. The summed E-state index contributed by atoms with van der Waals surface area (Å²) in [5, 5.41) is 2.94. The average molecular weight is 352 g/mol. The van der Waals surface area contributed by atoms with Crippen LogP contribution >= 0.6 is 0 Å². The third-order valence-electron chi connectivity index (χ3n) is 4.74. The minimum Gasteiger partial charge on any atom is -0.496 e. The highest BCUT2D eigenvalue weighted by molar-refractivity contribution is 6.02. The van der Waals surface area contributed by atoms with Crippen LogP contribution in [0.3, 0.4) is 0 Å². The highest BCUT2D eigenvalue weighted by atomic mass is 16.5. The lowest BCUT2D eigenvalue weighted by molar-refractivity contribution is 0.0887. The maximum absolute atomic E-state index is 12.7. The van der Waals surface area contributed by atoms with Crippen molar-refractivity contribution in [1.29, 1.82) is 0 Å². The number of ketones is 1. The van der Waals surface area contributed by atoms with E-state index in [2.05, 4.69) is 5.32 Å². The number of rotatable bonds is 6. The maximum atomic E-state index is 12.7. The molecule has 1 saturated heterocycles. The summed E-state index contributed by atoms with van der Waals surface area (Å²) in [7, 11) is 1.64. The Morgan fingerprint density at radius 1 is 1.12 bits per heavy atom. The lowest BCUT2D eigenvalue weighted by Crippen LogP contribution is -2.46. The molecule has 1 atom stereocenters. The molecule has 1 fully saturated rings. The molecule has 1 aliphatic heterocycles. The Bertz CT molecular complexity index is 761. The van der Waals surface area contributed by atoms with Crippen LogP contribution in [0.4, 0.5) is 4.79 Å². The number of likely N-dealkylation sites (tertiary alicyclic amines) is 1. The Balaban J connectivity index is 1.57. The fourth-order valence-corrected chi connectivity index (χ4v) is 3.39. The molecule has 1 aliphatic rings. The van der Waals surface area contributed by atoms with E-state index in [4.69, 9.17) is 4.74 Å². The van der Waals surface area contributed by atoms with E-state index in [1.165, 1.54) is 0 Å². The number of carbonyl (C=O) groups excluding carboxylic acids is 2. The average Bonchev–Trinajstić information content (AvgIpc) is 3.18. The van der Waals surface area contributed by atoms with E-state index in [1.807, 2.05) is 42.5 Å². The number of ether oxygens (including phenoxy) is 1. The SMILES string of the molecule is COc1ccccc1CCNC(=O)N1CCCC1C(=O)c1ccccc1. The number of hydrogen-bond donors (Lipinski definition) is 1. The number of hydrogen-bond acceptors (Lipinski definition) is 3. The lowest BCUT2D eigenvalue weighted by Gasteiger charge is -2.24. The minimum atomic E-state index is -0.372. The summed E-state index contributed by atoms with van der Waals surface area (Å²) < 4.78 is 5.33. The molecule has 1 N–H and O–H groups in total. The second-order valence-electron chi connectivity index (χ2n) is 6.38. The Labute approximate surface area is 154 Å². The van der Waals surface area contributed by atoms with Gasteiger partial charge in [-0.2, -0.15) is 0 Å². The smallest absolute Gasteiger partial charge is 0.318 e. The van der Waals surface area contributed by atoms with Crippen molar-refractivity contribution in [2.24, 2.45) is 0 Å². The number of Topliss-reactive ketones (excluding diaryl/α,β-unsaturated/α-hetero) is 1. The van der Waals surface area contributed by atoms with E-state index in [9.17, 15) is 9.59 Å². The summed E-state index contributed by atoms with van der Waals surface area (Å²) in [4.78, 5) is 26.9. The quantitative estimate of drug-likeness (QED) is 0.812. The summed E-state index contributed by atoms with van der Waals surface area (Å²) in [6.45, 7) is 1.12. The monoisotopic (exact) mass is 352 g/mol. The van der Waals surface area contributed by atoms with Gasteiger partial charge in [-0.15, -0.1) is 0 Å². The Morgan fingerprint density at radius 3 is 2.62 bits per heavy atom. The molecule has 5 heteroatoms. The van der Waals surface area contributed by atoms with Gasteiger partial charge in [0.1, 0.15) is 5.75 Å². The third kappa shape index (κ3) is 4.04. The van der Waals surface area contributed by atoms with Crippen LogP contribution in [-0.4, -0.2) is 43.0 Å². The van der Waals surface area contributed by atoms with E-state index < -0.39 is 0 Å². The summed E-state index contributed by atoms with van der Waals surface area (Å²) in [6.07, 6.45) is 2.25. The first kappa shape index (κ1) is 18.0. The Kier molecular flexibility index (Phi) is 5.89. The molecule has 1 heterocycles. The second kappa shape index (κ2) is 8.52. The van der Waals surface area contributed by atoms with Gasteiger partial charge >= 0.3 is 6.03 Å². The van der Waals surface area contributed by atoms with Gasteiger partial charge in [-0.3, -0.25) is 4.79 Å².